The average molecular weight is 215 g/mol. The van der Waals surface area contributed by atoms with Crippen LogP contribution in [0.1, 0.15) is 19.8 Å². The Morgan fingerprint density at radius 3 is 2.73 bits per heavy atom. The van der Waals surface area contributed by atoms with Crippen LogP contribution in [0.4, 0.5) is 0 Å². The van der Waals surface area contributed by atoms with E-state index in [-0.39, 0.29) is 18.4 Å². The Morgan fingerprint density at radius 2 is 2.27 bits per heavy atom. The van der Waals surface area contributed by atoms with Crippen LogP contribution >= 0.6 is 0 Å². The van der Waals surface area contributed by atoms with Gasteiger partial charge in [0.15, 0.2) is 0 Å². The van der Waals surface area contributed by atoms with Gasteiger partial charge >= 0.3 is 5.97 Å². The Hall–Kier alpha value is -1.10. The van der Waals surface area contributed by atoms with Crippen molar-refractivity contribution in [2.75, 3.05) is 26.3 Å². The fourth-order valence-corrected chi connectivity index (χ4v) is 1.70. The molecule has 0 aromatic carbocycles. The molecule has 0 aromatic heterocycles. The molecular formula is C10H17NO4. The van der Waals surface area contributed by atoms with Crippen LogP contribution in [0.15, 0.2) is 0 Å². The van der Waals surface area contributed by atoms with Gasteiger partial charge in [-0.1, -0.05) is 0 Å². The molecule has 1 unspecified atom stereocenters. The number of ether oxygens (including phenoxy) is 1. The number of nitrogens with zero attached hydrogens (tertiary/aromatic N) is 1. The average Bonchev–Trinajstić information content (AvgIpc) is 2.26. The van der Waals surface area contributed by atoms with Crippen LogP contribution in [-0.4, -0.2) is 48.2 Å². The zero-order chi connectivity index (χ0) is 11.3. The summed E-state index contributed by atoms with van der Waals surface area (Å²) in [6, 6.07) is 0. The number of hydrogen-bond donors (Lipinski definition) is 1. The van der Waals surface area contributed by atoms with Crippen LogP contribution < -0.4 is 0 Å². The van der Waals surface area contributed by atoms with Gasteiger partial charge in [0.05, 0.1) is 12.5 Å². The maximum atomic E-state index is 11.8. The second-order valence-corrected chi connectivity index (χ2v) is 3.66. The number of carbonyl (C=O) groups is 2. The Morgan fingerprint density at radius 1 is 1.53 bits per heavy atom. The third kappa shape index (κ3) is 3.51. The van der Waals surface area contributed by atoms with Gasteiger partial charge in [0.25, 0.3) is 0 Å². The largest absolute Gasteiger partial charge is 0.480 e. The minimum Gasteiger partial charge on any atom is -0.480 e. The fourth-order valence-electron chi connectivity index (χ4n) is 1.70. The van der Waals surface area contributed by atoms with E-state index in [1.807, 2.05) is 0 Å². The molecule has 1 rings (SSSR count). The summed E-state index contributed by atoms with van der Waals surface area (Å²) >= 11 is 0. The lowest BCUT2D eigenvalue weighted by Gasteiger charge is -2.27. The minimum atomic E-state index is -0.970. The second-order valence-electron chi connectivity index (χ2n) is 3.66. The summed E-state index contributed by atoms with van der Waals surface area (Å²) in [6.07, 6.45) is 1.68. The van der Waals surface area contributed by atoms with E-state index in [0.29, 0.717) is 19.8 Å². The predicted molar refractivity (Wildman–Crippen MR) is 53.4 cm³/mol. The van der Waals surface area contributed by atoms with E-state index in [9.17, 15) is 9.59 Å². The Bertz CT molecular complexity index is 236. The SMILES string of the molecule is CCN(CC(=O)O)C(=O)C1CCCOC1. The second kappa shape index (κ2) is 5.70. The van der Waals surface area contributed by atoms with E-state index in [4.69, 9.17) is 9.84 Å². The molecule has 1 fully saturated rings. The summed E-state index contributed by atoms with van der Waals surface area (Å²) < 4.78 is 5.21. The predicted octanol–water partition coefficient (Wildman–Crippen LogP) is 0.346. The zero-order valence-corrected chi connectivity index (χ0v) is 8.94. The molecule has 15 heavy (non-hydrogen) atoms. The molecule has 5 nitrogen and oxygen atoms in total. The number of hydrogen-bond acceptors (Lipinski definition) is 3. The highest BCUT2D eigenvalue weighted by atomic mass is 16.5. The third-order valence-electron chi connectivity index (χ3n) is 2.53. The van der Waals surface area contributed by atoms with Gasteiger partial charge in [-0.2, -0.15) is 0 Å². The number of carboxylic acid groups (broad SMARTS) is 1. The normalized spacial score (nSPS) is 21.0. The van der Waals surface area contributed by atoms with E-state index in [2.05, 4.69) is 0 Å². The van der Waals surface area contributed by atoms with Crippen molar-refractivity contribution in [1.82, 2.24) is 4.90 Å². The number of carbonyl (C=O) groups excluding carboxylic acids is 1. The van der Waals surface area contributed by atoms with Crippen molar-refractivity contribution < 1.29 is 19.4 Å². The summed E-state index contributed by atoms with van der Waals surface area (Å²) in [5, 5.41) is 8.64. The first-order valence-electron chi connectivity index (χ1n) is 5.23. The van der Waals surface area contributed by atoms with Crippen LogP contribution in [0.5, 0.6) is 0 Å². The molecule has 0 aromatic rings. The zero-order valence-electron chi connectivity index (χ0n) is 8.94. The van der Waals surface area contributed by atoms with E-state index in [1.165, 1.54) is 4.90 Å². The Balaban J connectivity index is 2.50. The van der Waals surface area contributed by atoms with Crippen LogP contribution in [0.25, 0.3) is 0 Å². The lowest BCUT2D eigenvalue weighted by Crippen LogP contribution is -2.42. The molecule has 1 aliphatic heterocycles. The van der Waals surface area contributed by atoms with Gasteiger partial charge in [0.1, 0.15) is 6.54 Å². The third-order valence-corrected chi connectivity index (χ3v) is 2.53. The van der Waals surface area contributed by atoms with Crippen molar-refractivity contribution >= 4 is 11.9 Å². The van der Waals surface area contributed by atoms with Crippen LogP contribution in [0.2, 0.25) is 0 Å². The molecule has 5 heteroatoms. The molecule has 1 saturated heterocycles. The van der Waals surface area contributed by atoms with Gasteiger partial charge in [0, 0.05) is 13.2 Å². The Kier molecular flexibility index (Phi) is 4.55. The molecule has 1 amide bonds. The first-order chi connectivity index (χ1) is 7.15. The quantitative estimate of drug-likeness (QED) is 0.734. The number of carboxylic acids is 1. The van der Waals surface area contributed by atoms with E-state index in [1.54, 1.807) is 6.92 Å². The smallest absolute Gasteiger partial charge is 0.323 e. The molecule has 1 heterocycles. The summed E-state index contributed by atoms with van der Waals surface area (Å²) in [5.74, 6) is -1.22. The topological polar surface area (TPSA) is 66.8 Å². The lowest BCUT2D eigenvalue weighted by molar-refractivity contribution is -0.148. The van der Waals surface area contributed by atoms with Gasteiger partial charge in [-0.15, -0.1) is 0 Å². The van der Waals surface area contributed by atoms with Crippen molar-refractivity contribution in [1.29, 1.82) is 0 Å². The standard InChI is InChI=1S/C10H17NO4/c1-2-11(6-9(12)13)10(14)8-4-3-5-15-7-8/h8H,2-7H2,1H3,(H,12,13). The van der Waals surface area contributed by atoms with Crippen molar-refractivity contribution in [3.05, 3.63) is 0 Å². The summed E-state index contributed by atoms with van der Waals surface area (Å²) in [7, 11) is 0. The molecule has 0 radical (unpaired) electrons. The minimum absolute atomic E-state index is 0.0976. The molecular weight excluding hydrogens is 198 g/mol. The van der Waals surface area contributed by atoms with Gasteiger partial charge in [-0.05, 0) is 19.8 Å². The van der Waals surface area contributed by atoms with Gasteiger partial charge in [0.2, 0.25) is 5.91 Å². The van der Waals surface area contributed by atoms with Crippen molar-refractivity contribution in [3.63, 3.8) is 0 Å². The number of amides is 1. The molecule has 1 aliphatic rings. The van der Waals surface area contributed by atoms with Crippen molar-refractivity contribution in [2.45, 2.75) is 19.8 Å². The lowest BCUT2D eigenvalue weighted by atomic mass is 10.0. The molecule has 86 valence electrons. The number of rotatable bonds is 4. The first-order valence-corrected chi connectivity index (χ1v) is 5.23. The fraction of sp³-hybridized carbons (Fsp3) is 0.800. The van der Waals surface area contributed by atoms with Crippen LogP contribution in [0, 0.1) is 5.92 Å². The summed E-state index contributed by atoms with van der Waals surface area (Å²) in [5.41, 5.74) is 0. The molecule has 0 bridgehead atoms. The highest BCUT2D eigenvalue weighted by Gasteiger charge is 2.26. The van der Waals surface area contributed by atoms with Crippen molar-refractivity contribution in [2.24, 2.45) is 5.92 Å². The molecule has 1 N–H and O–H groups in total. The van der Waals surface area contributed by atoms with Crippen molar-refractivity contribution in [3.8, 4) is 0 Å². The van der Waals surface area contributed by atoms with E-state index < -0.39 is 5.97 Å². The van der Waals surface area contributed by atoms with E-state index in [0.717, 1.165) is 12.8 Å². The number of likely N-dealkylation sites (N-methyl/N-ethyl adjacent to an activating group) is 1. The molecule has 1 atom stereocenters. The molecule has 0 saturated carbocycles. The van der Waals surface area contributed by atoms with Crippen LogP contribution in [-0.2, 0) is 14.3 Å². The van der Waals surface area contributed by atoms with E-state index >= 15 is 0 Å². The molecule has 0 aliphatic carbocycles. The highest BCUT2D eigenvalue weighted by molar-refractivity contribution is 5.83. The van der Waals surface area contributed by atoms with Gasteiger partial charge < -0.3 is 14.7 Å². The maximum absolute atomic E-state index is 11.8. The first kappa shape index (κ1) is 12.0. The van der Waals surface area contributed by atoms with Crippen LogP contribution in [0.3, 0.4) is 0 Å². The number of aliphatic carboxylic acids is 1. The molecule has 0 spiro atoms. The summed E-state index contributed by atoms with van der Waals surface area (Å²) in [4.78, 5) is 23.7. The Labute approximate surface area is 89.0 Å². The van der Waals surface area contributed by atoms with Gasteiger partial charge in [-0.3, -0.25) is 9.59 Å². The maximum Gasteiger partial charge on any atom is 0.323 e. The summed E-state index contributed by atoms with van der Waals surface area (Å²) in [6.45, 7) is 3.13. The van der Waals surface area contributed by atoms with Gasteiger partial charge in [-0.25, -0.2) is 0 Å². The monoisotopic (exact) mass is 215 g/mol. The highest BCUT2D eigenvalue weighted by Crippen LogP contribution is 2.16.